The highest BCUT2D eigenvalue weighted by atomic mass is 15.3. The largest absolute Gasteiger partial charge is 0.372 e. The molecule has 0 saturated carbocycles. The van der Waals surface area contributed by atoms with E-state index in [9.17, 15) is 0 Å². The number of piperidine rings is 1. The van der Waals surface area contributed by atoms with Gasteiger partial charge in [0.25, 0.3) is 0 Å². The third-order valence-corrected chi connectivity index (χ3v) is 5.29. The molecule has 0 amide bonds. The van der Waals surface area contributed by atoms with Crippen molar-refractivity contribution in [2.75, 3.05) is 52.4 Å². The van der Waals surface area contributed by atoms with Crippen LogP contribution in [0.1, 0.15) is 46.0 Å². The molecule has 2 fully saturated rings. The van der Waals surface area contributed by atoms with E-state index in [0.717, 1.165) is 18.7 Å². The fraction of sp³-hybridized carbons (Fsp3) is 0.714. The normalized spacial score (nSPS) is 21.6. The van der Waals surface area contributed by atoms with Gasteiger partial charge >= 0.3 is 0 Å². The fourth-order valence-electron chi connectivity index (χ4n) is 3.80. The van der Waals surface area contributed by atoms with Gasteiger partial charge in [-0.05, 0) is 77.4 Å². The summed E-state index contributed by atoms with van der Waals surface area (Å²) in [5, 5.41) is 0. The van der Waals surface area contributed by atoms with Gasteiger partial charge in [-0.2, -0.15) is 0 Å². The van der Waals surface area contributed by atoms with Crippen molar-refractivity contribution in [3.8, 4) is 0 Å². The van der Waals surface area contributed by atoms with Crippen LogP contribution >= 0.6 is 0 Å². The highest BCUT2D eigenvalue weighted by molar-refractivity contribution is 5.29. The third-order valence-electron chi connectivity index (χ3n) is 5.29. The first-order valence-corrected chi connectivity index (χ1v) is 9.88. The lowest BCUT2D eigenvalue weighted by Gasteiger charge is -2.36. The van der Waals surface area contributed by atoms with Gasteiger partial charge in [0.2, 0.25) is 0 Å². The summed E-state index contributed by atoms with van der Waals surface area (Å²) in [5.74, 6) is 0. The summed E-state index contributed by atoms with van der Waals surface area (Å²) in [7, 11) is 0. The average molecular weight is 332 g/mol. The summed E-state index contributed by atoms with van der Waals surface area (Å²) >= 11 is 0. The standard InChI is InChI=1S/C21H37N3/c1-4-10-20(2)19-21(3)24-17-15-23(16-18-24)14-9-8-13-22-11-6-5-7-12-22/h4,10,19H,2,5-9,11-18H2,1,3H3/b10-4-,21-19+. The van der Waals surface area contributed by atoms with Gasteiger partial charge in [-0.25, -0.2) is 0 Å². The minimum Gasteiger partial charge on any atom is -0.372 e. The number of hydrogen-bond acceptors (Lipinski definition) is 3. The lowest BCUT2D eigenvalue weighted by Crippen LogP contribution is -2.45. The number of allylic oxidation sites excluding steroid dienone is 5. The van der Waals surface area contributed by atoms with Crippen LogP contribution < -0.4 is 0 Å². The third kappa shape index (κ3) is 6.82. The van der Waals surface area contributed by atoms with Crippen LogP contribution in [0.15, 0.2) is 36.1 Å². The summed E-state index contributed by atoms with van der Waals surface area (Å²) in [6.07, 6.45) is 13.3. The molecule has 0 N–H and O–H groups in total. The maximum Gasteiger partial charge on any atom is 0.0303 e. The summed E-state index contributed by atoms with van der Waals surface area (Å²) in [6, 6.07) is 0. The Kier molecular flexibility index (Phi) is 8.62. The van der Waals surface area contributed by atoms with Gasteiger partial charge in [-0.1, -0.05) is 25.2 Å². The zero-order chi connectivity index (χ0) is 17.2. The van der Waals surface area contributed by atoms with Gasteiger partial charge < -0.3 is 9.80 Å². The second-order valence-electron chi connectivity index (χ2n) is 7.30. The molecular weight excluding hydrogens is 294 g/mol. The number of piperazine rings is 1. The van der Waals surface area contributed by atoms with Gasteiger partial charge in [-0.3, -0.25) is 4.90 Å². The van der Waals surface area contributed by atoms with Crippen molar-refractivity contribution in [3.63, 3.8) is 0 Å². The van der Waals surface area contributed by atoms with E-state index >= 15 is 0 Å². The topological polar surface area (TPSA) is 9.72 Å². The number of likely N-dealkylation sites (tertiary alicyclic amines) is 1. The van der Waals surface area contributed by atoms with Gasteiger partial charge in [0.05, 0.1) is 0 Å². The molecule has 0 radical (unpaired) electrons. The van der Waals surface area contributed by atoms with Crippen LogP contribution in [0.3, 0.4) is 0 Å². The van der Waals surface area contributed by atoms with Crippen molar-refractivity contribution in [1.82, 2.24) is 14.7 Å². The van der Waals surface area contributed by atoms with E-state index in [-0.39, 0.29) is 0 Å². The zero-order valence-corrected chi connectivity index (χ0v) is 16.0. The van der Waals surface area contributed by atoms with Crippen molar-refractivity contribution < 1.29 is 0 Å². The predicted octanol–water partition coefficient (Wildman–Crippen LogP) is 3.91. The highest BCUT2D eigenvalue weighted by Crippen LogP contribution is 2.13. The molecule has 2 saturated heterocycles. The summed E-state index contributed by atoms with van der Waals surface area (Å²) < 4.78 is 0. The van der Waals surface area contributed by atoms with Gasteiger partial charge in [0.1, 0.15) is 0 Å². The van der Waals surface area contributed by atoms with Gasteiger partial charge in [0, 0.05) is 31.9 Å². The molecule has 2 aliphatic heterocycles. The van der Waals surface area contributed by atoms with Crippen LogP contribution in [0.4, 0.5) is 0 Å². The molecule has 2 heterocycles. The quantitative estimate of drug-likeness (QED) is 0.493. The molecule has 2 aliphatic rings. The van der Waals surface area contributed by atoms with Crippen molar-refractivity contribution >= 4 is 0 Å². The molecule has 24 heavy (non-hydrogen) atoms. The van der Waals surface area contributed by atoms with Crippen LogP contribution in [0.5, 0.6) is 0 Å². The van der Waals surface area contributed by atoms with Gasteiger partial charge in [0.15, 0.2) is 0 Å². The second-order valence-corrected chi connectivity index (χ2v) is 7.30. The van der Waals surface area contributed by atoms with E-state index in [1.807, 2.05) is 13.0 Å². The highest BCUT2D eigenvalue weighted by Gasteiger charge is 2.16. The summed E-state index contributed by atoms with van der Waals surface area (Å²) in [6.45, 7) is 18.3. The Balaban J connectivity index is 1.59. The Bertz CT molecular complexity index is 424. The minimum absolute atomic E-state index is 1.09. The number of nitrogens with zero attached hydrogens (tertiary/aromatic N) is 3. The maximum absolute atomic E-state index is 4.08. The smallest absolute Gasteiger partial charge is 0.0303 e. The van der Waals surface area contributed by atoms with E-state index in [2.05, 4.69) is 40.4 Å². The van der Waals surface area contributed by atoms with Crippen LogP contribution in [-0.2, 0) is 0 Å². The maximum atomic E-state index is 4.08. The van der Waals surface area contributed by atoms with E-state index in [4.69, 9.17) is 0 Å². The minimum atomic E-state index is 1.09. The number of rotatable bonds is 8. The van der Waals surface area contributed by atoms with Crippen LogP contribution in [-0.4, -0.2) is 67.1 Å². The van der Waals surface area contributed by atoms with Crippen molar-refractivity contribution in [1.29, 1.82) is 0 Å². The lowest BCUT2D eigenvalue weighted by atomic mass is 10.1. The Hall–Kier alpha value is -1.06. The molecule has 0 aromatic rings. The molecule has 0 atom stereocenters. The van der Waals surface area contributed by atoms with E-state index in [1.165, 1.54) is 77.1 Å². The monoisotopic (exact) mass is 331 g/mol. The molecule has 0 aliphatic carbocycles. The Morgan fingerprint density at radius 2 is 1.46 bits per heavy atom. The summed E-state index contributed by atoms with van der Waals surface area (Å²) in [4.78, 5) is 7.80. The molecule has 0 aromatic heterocycles. The zero-order valence-electron chi connectivity index (χ0n) is 16.0. The average Bonchev–Trinajstić information content (AvgIpc) is 2.60. The lowest BCUT2D eigenvalue weighted by molar-refractivity contribution is 0.153. The van der Waals surface area contributed by atoms with Crippen molar-refractivity contribution in [3.05, 3.63) is 36.1 Å². The molecule has 0 aromatic carbocycles. The predicted molar refractivity (Wildman–Crippen MR) is 105 cm³/mol. The molecule has 0 spiro atoms. The molecule has 0 bridgehead atoms. The second kappa shape index (κ2) is 10.7. The first kappa shape index (κ1) is 19.3. The fourth-order valence-corrected chi connectivity index (χ4v) is 3.80. The van der Waals surface area contributed by atoms with E-state index in [1.54, 1.807) is 0 Å². The van der Waals surface area contributed by atoms with E-state index in [0.29, 0.717) is 0 Å². The Morgan fingerprint density at radius 1 is 0.875 bits per heavy atom. The van der Waals surface area contributed by atoms with Crippen LogP contribution in [0, 0.1) is 0 Å². The molecule has 3 nitrogen and oxygen atoms in total. The van der Waals surface area contributed by atoms with E-state index < -0.39 is 0 Å². The van der Waals surface area contributed by atoms with Crippen molar-refractivity contribution in [2.24, 2.45) is 0 Å². The molecule has 0 unspecified atom stereocenters. The molecule has 136 valence electrons. The Morgan fingerprint density at radius 3 is 2.04 bits per heavy atom. The molecule has 2 rings (SSSR count). The molecular formula is C21H37N3. The van der Waals surface area contributed by atoms with Crippen LogP contribution in [0.2, 0.25) is 0 Å². The molecule has 3 heteroatoms. The number of unbranched alkanes of at least 4 members (excludes halogenated alkanes) is 1. The first-order chi connectivity index (χ1) is 11.7. The Labute approximate surface area is 149 Å². The van der Waals surface area contributed by atoms with Crippen molar-refractivity contribution in [2.45, 2.75) is 46.0 Å². The number of hydrogen-bond donors (Lipinski definition) is 0. The van der Waals surface area contributed by atoms with Crippen LogP contribution in [0.25, 0.3) is 0 Å². The first-order valence-electron chi connectivity index (χ1n) is 9.88. The SMILES string of the molecule is C=C(/C=C\C)/C=C(\C)N1CCN(CCCCN2CCCCC2)CC1. The van der Waals surface area contributed by atoms with Gasteiger partial charge in [-0.15, -0.1) is 0 Å². The summed E-state index contributed by atoms with van der Waals surface area (Å²) in [5.41, 5.74) is 2.44.